The molecule has 0 radical (unpaired) electrons. The first-order chi connectivity index (χ1) is 8.79. The Hall–Kier alpha value is -2.07. The van der Waals surface area contributed by atoms with Crippen LogP contribution in [-0.2, 0) is 6.42 Å². The van der Waals surface area contributed by atoms with Crippen molar-refractivity contribution >= 4 is 11.0 Å². The molecule has 0 saturated heterocycles. The maximum Gasteiger partial charge on any atom is 0.134 e. The predicted molar refractivity (Wildman–Crippen MR) is 69.3 cm³/mol. The number of fused-ring (bicyclic) bond motifs is 1. The third kappa shape index (κ3) is 1.71. The quantitative estimate of drug-likeness (QED) is 0.742. The van der Waals surface area contributed by atoms with Gasteiger partial charge in [-0.25, -0.2) is 4.98 Å². The number of aromatic nitrogens is 2. The number of rotatable bonds is 3. The minimum atomic E-state index is 0.0958. The third-order valence-corrected chi connectivity index (χ3v) is 3.02. The van der Waals surface area contributed by atoms with E-state index in [0.717, 1.165) is 33.7 Å². The lowest BCUT2D eigenvalue weighted by molar-refractivity contribution is 0.297. The first-order valence-electron chi connectivity index (χ1n) is 5.92. The smallest absolute Gasteiger partial charge is 0.134 e. The molecule has 0 bridgehead atoms. The van der Waals surface area contributed by atoms with Crippen molar-refractivity contribution in [2.24, 2.45) is 0 Å². The monoisotopic (exact) mass is 242 g/mol. The standard InChI is InChI=1S/C14H14N2O2/c1-9-14(16-13(15-9)6-7-17)11-8-18-12-5-3-2-4-10(11)12/h2-5,8,17H,6-7H2,1H3,(H,15,16). The van der Waals surface area contributed by atoms with Crippen molar-refractivity contribution in [3.05, 3.63) is 42.0 Å². The van der Waals surface area contributed by atoms with E-state index in [4.69, 9.17) is 9.52 Å². The van der Waals surface area contributed by atoms with Crippen molar-refractivity contribution < 1.29 is 9.52 Å². The van der Waals surface area contributed by atoms with Gasteiger partial charge in [0.05, 0.1) is 12.3 Å². The molecule has 0 aliphatic carbocycles. The fourth-order valence-corrected chi connectivity index (χ4v) is 2.17. The van der Waals surface area contributed by atoms with Gasteiger partial charge in [0, 0.05) is 23.1 Å². The van der Waals surface area contributed by atoms with Gasteiger partial charge < -0.3 is 14.5 Å². The van der Waals surface area contributed by atoms with Gasteiger partial charge >= 0.3 is 0 Å². The zero-order valence-electron chi connectivity index (χ0n) is 10.1. The zero-order valence-corrected chi connectivity index (χ0v) is 10.1. The highest BCUT2D eigenvalue weighted by Crippen LogP contribution is 2.31. The number of imidazole rings is 1. The number of aliphatic hydroxyl groups is 1. The number of aryl methyl sites for hydroxylation is 1. The van der Waals surface area contributed by atoms with Gasteiger partial charge in [-0.3, -0.25) is 0 Å². The SMILES string of the molecule is Cc1[nH]c(CCO)nc1-c1coc2ccccc12. The van der Waals surface area contributed by atoms with Crippen LogP contribution >= 0.6 is 0 Å². The van der Waals surface area contributed by atoms with E-state index in [1.807, 2.05) is 31.2 Å². The van der Waals surface area contributed by atoms with E-state index in [0.29, 0.717) is 6.42 Å². The molecule has 3 rings (SSSR count). The highest BCUT2D eigenvalue weighted by atomic mass is 16.3. The molecule has 18 heavy (non-hydrogen) atoms. The molecule has 0 atom stereocenters. The topological polar surface area (TPSA) is 62.0 Å². The molecule has 2 heterocycles. The second-order valence-electron chi connectivity index (χ2n) is 4.28. The van der Waals surface area contributed by atoms with E-state index in [1.54, 1.807) is 6.26 Å². The normalized spacial score (nSPS) is 11.2. The summed E-state index contributed by atoms with van der Waals surface area (Å²) in [6, 6.07) is 7.89. The fourth-order valence-electron chi connectivity index (χ4n) is 2.17. The van der Waals surface area contributed by atoms with Crippen molar-refractivity contribution in [1.29, 1.82) is 0 Å². The first kappa shape index (κ1) is 11.0. The number of hydrogen-bond acceptors (Lipinski definition) is 3. The number of H-pyrrole nitrogens is 1. The Morgan fingerprint density at radius 3 is 3.00 bits per heavy atom. The number of para-hydroxylation sites is 1. The average molecular weight is 242 g/mol. The van der Waals surface area contributed by atoms with Crippen LogP contribution in [0.25, 0.3) is 22.2 Å². The summed E-state index contributed by atoms with van der Waals surface area (Å²) in [7, 11) is 0. The molecule has 0 amide bonds. The second kappa shape index (κ2) is 4.31. The first-order valence-corrected chi connectivity index (χ1v) is 5.92. The van der Waals surface area contributed by atoms with Gasteiger partial charge in [0.1, 0.15) is 17.7 Å². The largest absolute Gasteiger partial charge is 0.464 e. The molecule has 1 aromatic carbocycles. The van der Waals surface area contributed by atoms with Gasteiger partial charge in [-0.2, -0.15) is 0 Å². The highest BCUT2D eigenvalue weighted by Gasteiger charge is 2.13. The van der Waals surface area contributed by atoms with E-state index < -0.39 is 0 Å². The molecule has 4 heteroatoms. The number of hydrogen-bond donors (Lipinski definition) is 2. The Morgan fingerprint density at radius 2 is 2.17 bits per heavy atom. The number of benzene rings is 1. The van der Waals surface area contributed by atoms with Crippen LogP contribution in [-0.4, -0.2) is 21.7 Å². The Kier molecular flexibility index (Phi) is 2.64. The summed E-state index contributed by atoms with van der Waals surface area (Å²) in [4.78, 5) is 7.70. The summed E-state index contributed by atoms with van der Waals surface area (Å²) >= 11 is 0. The van der Waals surface area contributed by atoms with E-state index in [2.05, 4.69) is 9.97 Å². The van der Waals surface area contributed by atoms with Crippen LogP contribution in [0.1, 0.15) is 11.5 Å². The lowest BCUT2D eigenvalue weighted by atomic mass is 10.1. The number of aliphatic hydroxyl groups excluding tert-OH is 1. The molecular weight excluding hydrogens is 228 g/mol. The van der Waals surface area contributed by atoms with Crippen LogP contribution in [0.4, 0.5) is 0 Å². The molecular formula is C14H14N2O2. The van der Waals surface area contributed by atoms with Gasteiger partial charge in [-0.05, 0) is 13.0 Å². The number of aromatic amines is 1. The predicted octanol–water partition coefficient (Wildman–Crippen LogP) is 2.67. The molecule has 4 nitrogen and oxygen atoms in total. The fraction of sp³-hybridized carbons (Fsp3) is 0.214. The van der Waals surface area contributed by atoms with Crippen LogP contribution in [0.2, 0.25) is 0 Å². The molecule has 0 unspecified atom stereocenters. The molecule has 2 N–H and O–H groups in total. The van der Waals surface area contributed by atoms with E-state index in [1.165, 1.54) is 0 Å². The molecule has 0 fully saturated rings. The van der Waals surface area contributed by atoms with Crippen LogP contribution in [0.5, 0.6) is 0 Å². The molecule has 0 saturated carbocycles. The summed E-state index contributed by atoms with van der Waals surface area (Å²) < 4.78 is 5.52. The molecule has 0 aliphatic heterocycles. The Balaban J connectivity index is 2.14. The molecule has 3 aromatic rings. The maximum atomic E-state index is 8.94. The number of furan rings is 1. The zero-order chi connectivity index (χ0) is 12.5. The van der Waals surface area contributed by atoms with Crippen molar-refractivity contribution in [3.63, 3.8) is 0 Å². The summed E-state index contributed by atoms with van der Waals surface area (Å²) in [5.74, 6) is 0.801. The van der Waals surface area contributed by atoms with Crippen molar-refractivity contribution in [3.8, 4) is 11.3 Å². The van der Waals surface area contributed by atoms with Crippen LogP contribution in [0, 0.1) is 6.92 Å². The third-order valence-electron chi connectivity index (χ3n) is 3.02. The summed E-state index contributed by atoms with van der Waals surface area (Å²) in [6.07, 6.45) is 2.27. The van der Waals surface area contributed by atoms with Gasteiger partial charge in [-0.1, -0.05) is 18.2 Å². The van der Waals surface area contributed by atoms with Crippen LogP contribution in [0.15, 0.2) is 34.9 Å². The van der Waals surface area contributed by atoms with Gasteiger partial charge in [0.25, 0.3) is 0 Å². The van der Waals surface area contributed by atoms with Crippen molar-refractivity contribution in [2.75, 3.05) is 6.61 Å². The van der Waals surface area contributed by atoms with E-state index in [9.17, 15) is 0 Å². The maximum absolute atomic E-state index is 8.94. The number of nitrogens with zero attached hydrogens (tertiary/aromatic N) is 1. The van der Waals surface area contributed by atoms with Crippen LogP contribution in [0.3, 0.4) is 0 Å². The van der Waals surface area contributed by atoms with Gasteiger partial charge in [0.2, 0.25) is 0 Å². The lowest BCUT2D eigenvalue weighted by Gasteiger charge is -1.94. The molecule has 92 valence electrons. The molecule has 2 aromatic heterocycles. The minimum absolute atomic E-state index is 0.0958. The van der Waals surface area contributed by atoms with Crippen molar-refractivity contribution in [1.82, 2.24) is 9.97 Å². The Labute approximate surface area is 104 Å². The summed E-state index contributed by atoms with van der Waals surface area (Å²) in [5, 5.41) is 10.0. The molecule has 0 aliphatic rings. The van der Waals surface area contributed by atoms with E-state index in [-0.39, 0.29) is 6.61 Å². The molecule has 0 spiro atoms. The number of nitrogens with one attached hydrogen (secondary N) is 1. The Morgan fingerprint density at radius 1 is 1.33 bits per heavy atom. The van der Waals surface area contributed by atoms with E-state index >= 15 is 0 Å². The van der Waals surface area contributed by atoms with Crippen molar-refractivity contribution in [2.45, 2.75) is 13.3 Å². The van der Waals surface area contributed by atoms with Crippen LogP contribution < -0.4 is 0 Å². The summed E-state index contributed by atoms with van der Waals surface area (Å²) in [5.41, 5.74) is 3.73. The summed E-state index contributed by atoms with van der Waals surface area (Å²) in [6.45, 7) is 2.07. The van der Waals surface area contributed by atoms with Gasteiger partial charge in [0.15, 0.2) is 0 Å². The van der Waals surface area contributed by atoms with Gasteiger partial charge in [-0.15, -0.1) is 0 Å². The minimum Gasteiger partial charge on any atom is -0.464 e. The average Bonchev–Trinajstić information content (AvgIpc) is 2.93. The Bertz CT molecular complexity index is 682. The second-order valence-corrected chi connectivity index (χ2v) is 4.28. The lowest BCUT2D eigenvalue weighted by Crippen LogP contribution is -1.92. The highest BCUT2D eigenvalue weighted by molar-refractivity contribution is 5.93.